The predicted molar refractivity (Wildman–Crippen MR) is 100 cm³/mol. The molecule has 0 unspecified atom stereocenters. The van der Waals surface area contributed by atoms with Gasteiger partial charge in [0, 0.05) is 18.2 Å². The highest BCUT2D eigenvalue weighted by Crippen LogP contribution is 2.29. The van der Waals surface area contributed by atoms with Crippen molar-refractivity contribution in [1.29, 1.82) is 0 Å². The van der Waals surface area contributed by atoms with Crippen LogP contribution in [0.4, 0.5) is 5.69 Å². The van der Waals surface area contributed by atoms with Crippen molar-refractivity contribution in [2.75, 3.05) is 33.3 Å². The Hall–Kier alpha value is -3.22. The van der Waals surface area contributed by atoms with Gasteiger partial charge in [-0.25, -0.2) is 0 Å². The van der Waals surface area contributed by atoms with E-state index in [0.29, 0.717) is 23.6 Å². The fourth-order valence-corrected chi connectivity index (χ4v) is 2.37. The fraction of sp³-hybridized carbons (Fsp3) is 0.300. The third kappa shape index (κ3) is 6.22. The molecule has 1 amide bonds. The molecule has 0 fully saturated rings. The normalized spacial score (nSPS) is 10.0. The molecular weight excluding hydrogens is 350 g/mol. The number of carbonyl (C=O) groups excluding carboxylic acids is 2. The summed E-state index contributed by atoms with van der Waals surface area (Å²) in [6.07, 6.45) is 0.718. The van der Waals surface area contributed by atoms with Crippen LogP contribution in [0.2, 0.25) is 0 Å². The van der Waals surface area contributed by atoms with Gasteiger partial charge in [0.15, 0.2) is 18.1 Å². The van der Waals surface area contributed by atoms with E-state index in [1.165, 1.54) is 14.2 Å². The van der Waals surface area contributed by atoms with E-state index in [2.05, 4.69) is 5.32 Å². The van der Waals surface area contributed by atoms with Gasteiger partial charge in [-0.2, -0.15) is 0 Å². The molecule has 0 spiro atoms. The Balaban J connectivity index is 1.76. The minimum atomic E-state index is -0.437. The molecule has 7 heteroatoms. The van der Waals surface area contributed by atoms with Crippen molar-refractivity contribution in [2.24, 2.45) is 0 Å². The Kier molecular flexibility index (Phi) is 7.49. The number of esters is 1. The lowest BCUT2D eigenvalue weighted by Crippen LogP contribution is -2.21. The molecule has 0 atom stereocenters. The van der Waals surface area contributed by atoms with Crippen LogP contribution in [0, 0.1) is 0 Å². The predicted octanol–water partition coefficient (Wildman–Crippen LogP) is 2.83. The number of rotatable bonds is 9. The monoisotopic (exact) mass is 373 g/mol. The highest BCUT2D eigenvalue weighted by Gasteiger charge is 2.10. The molecule has 0 saturated heterocycles. The van der Waals surface area contributed by atoms with Crippen molar-refractivity contribution in [3.8, 4) is 17.2 Å². The Bertz CT molecular complexity index is 773. The molecule has 27 heavy (non-hydrogen) atoms. The maximum Gasteiger partial charge on any atom is 0.306 e. The zero-order valence-electron chi connectivity index (χ0n) is 15.6. The summed E-state index contributed by atoms with van der Waals surface area (Å²) in [6.45, 7) is -0.351. The molecule has 0 heterocycles. The second-order valence-electron chi connectivity index (χ2n) is 5.63. The summed E-state index contributed by atoms with van der Waals surface area (Å²) in [5.74, 6) is 0.939. The summed E-state index contributed by atoms with van der Waals surface area (Å²) in [7, 11) is 4.63. The van der Waals surface area contributed by atoms with Crippen molar-refractivity contribution in [2.45, 2.75) is 12.8 Å². The maximum atomic E-state index is 11.9. The number of ether oxygens (including phenoxy) is 4. The molecule has 0 radical (unpaired) electrons. The van der Waals surface area contributed by atoms with E-state index in [9.17, 15) is 9.59 Å². The number of nitrogens with one attached hydrogen (secondary N) is 1. The highest BCUT2D eigenvalue weighted by molar-refractivity contribution is 5.93. The Morgan fingerprint density at radius 2 is 1.59 bits per heavy atom. The van der Waals surface area contributed by atoms with Crippen molar-refractivity contribution in [3.05, 3.63) is 48.0 Å². The summed E-state index contributed by atoms with van der Waals surface area (Å²) >= 11 is 0. The van der Waals surface area contributed by atoms with Crippen molar-refractivity contribution >= 4 is 17.6 Å². The second-order valence-corrected chi connectivity index (χ2v) is 5.63. The molecule has 7 nitrogen and oxygen atoms in total. The number of amides is 1. The van der Waals surface area contributed by atoms with E-state index in [0.717, 1.165) is 11.3 Å². The average molecular weight is 373 g/mol. The van der Waals surface area contributed by atoms with E-state index in [4.69, 9.17) is 18.9 Å². The van der Waals surface area contributed by atoms with Crippen LogP contribution < -0.4 is 19.5 Å². The number of anilines is 1. The van der Waals surface area contributed by atoms with Gasteiger partial charge in [-0.1, -0.05) is 12.1 Å². The first-order valence-electron chi connectivity index (χ1n) is 8.36. The molecule has 2 rings (SSSR count). The second kappa shape index (κ2) is 10.1. The van der Waals surface area contributed by atoms with Crippen LogP contribution in [-0.4, -0.2) is 39.8 Å². The first-order valence-corrected chi connectivity index (χ1v) is 8.36. The Morgan fingerprint density at radius 1 is 0.889 bits per heavy atom. The first-order chi connectivity index (χ1) is 13.0. The van der Waals surface area contributed by atoms with Crippen molar-refractivity contribution in [3.63, 3.8) is 0 Å². The van der Waals surface area contributed by atoms with Gasteiger partial charge in [-0.05, 0) is 36.2 Å². The quantitative estimate of drug-likeness (QED) is 0.681. The number of aryl methyl sites for hydroxylation is 1. The van der Waals surface area contributed by atoms with Crippen LogP contribution in [0.3, 0.4) is 0 Å². The van der Waals surface area contributed by atoms with Gasteiger partial charge in [0.2, 0.25) is 0 Å². The molecule has 0 saturated carbocycles. The standard InChI is InChI=1S/C20H23NO6/c1-24-16-8-4-14(5-9-16)6-11-20(23)27-13-19(22)21-15-7-10-17(25-2)18(12-15)26-3/h4-5,7-10,12H,6,11,13H2,1-3H3,(H,21,22). The smallest absolute Gasteiger partial charge is 0.306 e. The van der Waals surface area contributed by atoms with Crippen LogP contribution in [0.5, 0.6) is 17.2 Å². The Labute approximate surface area is 158 Å². The molecule has 1 N–H and O–H groups in total. The number of benzene rings is 2. The van der Waals surface area contributed by atoms with Gasteiger partial charge in [-0.3, -0.25) is 9.59 Å². The van der Waals surface area contributed by atoms with Crippen molar-refractivity contribution < 1.29 is 28.5 Å². The number of methoxy groups -OCH3 is 3. The molecular formula is C20H23NO6. The van der Waals surface area contributed by atoms with Crippen LogP contribution in [0.15, 0.2) is 42.5 Å². The molecule has 0 aliphatic heterocycles. The van der Waals surface area contributed by atoms with E-state index < -0.39 is 11.9 Å². The highest BCUT2D eigenvalue weighted by atomic mass is 16.5. The van der Waals surface area contributed by atoms with Crippen LogP contribution in [0.25, 0.3) is 0 Å². The molecule has 144 valence electrons. The van der Waals surface area contributed by atoms with Crippen LogP contribution in [-0.2, 0) is 20.7 Å². The van der Waals surface area contributed by atoms with Crippen molar-refractivity contribution in [1.82, 2.24) is 0 Å². The zero-order chi connectivity index (χ0) is 19.6. The molecule has 0 aliphatic carbocycles. The summed E-state index contributed by atoms with van der Waals surface area (Å²) in [4.78, 5) is 23.8. The lowest BCUT2D eigenvalue weighted by molar-refractivity contribution is -0.147. The minimum Gasteiger partial charge on any atom is -0.497 e. The molecule has 0 aromatic heterocycles. The third-order valence-corrected chi connectivity index (χ3v) is 3.81. The van der Waals surface area contributed by atoms with Gasteiger partial charge in [0.05, 0.1) is 21.3 Å². The number of hydrogen-bond donors (Lipinski definition) is 1. The molecule has 2 aromatic rings. The average Bonchev–Trinajstić information content (AvgIpc) is 2.70. The van der Waals surface area contributed by atoms with Gasteiger partial charge < -0.3 is 24.3 Å². The molecule has 2 aromatic carbocycles. The first kappa shape index (κ1) is 20.1. The summed E-state index contributed by atoms with van der Waals surface area (Å²) in [5.41, 5.74) is 1.51. The Morgan fingerprint density at radius 3 is 2.22 bits per heavy atom. The minimum absolute atomic E-state index is 0.190. The fourth-order valence-electron chi connectivity index (χ4n) is 2.37. The van der Waals surface area contributed by atoms with Gasteiger partial charge in [-0.15, -0.1) is 0 Å². The zero-order valence-corrected chi connectivity index (χ0v) is 15.6. The lowest BCUT2D eigenvalue weighted by Gasteiger charge is -2.11. The van der Waals surface area contributed by atoms with E-state index >= 15 is 0 Å². The van der Waals surface area contributed by atoms with Crippen LogP contribution >= 0.6 is 0 Å². The van der Waals surface area contributed by atoms with Crippen LogP contribution in [0.1, 0.15) is 12.0 Å². The molecule has 0 bridgehead atoms. The number of hydrogen-bond acceptors (Lipinski definition) is 6. The van der Waals surface area contributed by atoms with Gasteiger partial charge in [0.1, 0.15) is 5.75 Å². The van der Waals surface area contributed by atoms with E-state index in [1.54, 1.807) is 25.3 Å². The largest absolute Gasteiger partial charge is 0.497 e. The van der Waals surface area contributed by atoms with E-state index in [-0.39, 0.29) is 13.0 Å². The summed E-state index contributed by atoms with van der Waals surface area (Å²) < 4.78 is 20.4. The summed E-state index contributed by atoms with van der Waals surface area (Å²) in [6, 6.07) is 12.4. The third-order valence-electron chi connectivity index (χ3n) is 3.81. The number of carbonyl (C=O) groups is 2. The van der Waals surface area contributed by atoms with Gasteiger partial charge >= 0.3 is 5.97 Å². The van der Waals surface area contributed by atoms with Gasteiger partial charge in [0.25, 0.3) is 5.91 Å². The maximum absolute atomic E-state index is 11.9. The summed E-state index contributed by atoms with van der Waals surface area (Å²) in [5, 5.41) is 2.64. The topological polar surface area (TPSA) is 83.1 Å². The van der Waals surface area contributed by atoms with E-state index in [1.807, 2.05) is 24.3 Å². The SMILES string of the molecule is COc1ccc(CCC(=O)OCC(=O)Nc2ccc(OC)c(OC)c2)cc1. The lowest BCUT2D eigenvalue weighted by atomic mass is 10.1. The molecule has 0 aliphatic rings.